The number of pyridine rings is 1. The van der Waals surface area contributed by atoms with E-state index in [4.69, 9.17) is 16.2 Å². The molecule has 1 fully saturated rings. The lowest BCUT2D eigenvalue weighted by atomic mass is 9.77. The fraction of sp³-hybridized carbons (Fsp3) is 0.500. The van der Waals surface area contributed by atoms with Gasteiger partial charge in [0.25, 0.3) is 0 Å². The molecule has 1 aromatic heterocycles. The number of hydrogen-bond acceptors (Lipinski definition) is 4. The molecule has 4 N–H and O–H groups in total. The monoisotopic (exact) mass is 193 g/mol. The van der Waals surface area contributed by atoms with Crippen molar-refractivity contribution in [2.75, 3.05) is 19.8 Å². The van der Waals surface area contributed by atoms with Crippen LogP contribution >= 0.6 is 0 Å². The lowest BCUT2D eigenvalue weighted by molar-refractivity contribution is -0.122. The SMILES string of the molecule is NCC1(C(N)c2ccccn2)COC1. The van der Waals surface area contributed by atoms with Crippen LogP contribution in [-0.2, 0) is 4.74 Å². The molecule has 0 aliphatic carbocycles. The quantitative estimate of drug-likeness (QED) is 0.711. The Bertz CT molecular complexity index is 292. The van der Waals surface area contributed by atoms with Crippen molar-refractivity contribution in [2.45, 2.75) is 6.04 Å². The van der Waals surface area contributed by atoms with Gasteiger partial charge in [0.15, 0.2) is 0 Å². The van der Waals surface area contributed by atoms with E-state index in [-0.39, 0.29) is 11.5 Å². The van der Waals surface area contributed by atoms with Gasteiger partial charge in [-0.25, -0.2) is 0 Å². The molecule has 0 bridgehead atoms. The zero-order chi connectivity index (χ0) is 10.0. The summed E-state index contributed by atoms with van der Waals surface area (Å²) < 4.78 is 5.18. The van der Waals surface area contributed by atoms with E-state index in [9.17, 15) is 0 Å². The molecule has 0 spiro atoms. The molecule has 0 aromatic carbocycles. The molecule has 4 heteroatoms. The van der Waals surface area contributed by atoms with Gasteiger partial charge in [-0.1, -0.05) is 6.07 Å². The summed E-state index contributed by atoms with van der Waals surface area (Å²) in [5, 5.41) is 0. The van der Waals surface area contributed by atoms with E-state index in [0.717, 1.165) is 5.69 Å². The summed E-state index contributed by atoms with van der Waals surface area (Å²) in [5.74, 6) is 0. The molecule has 1 aliphatic rings. The number of nitrogens with two attached hydrogens (primary N) is 2. The van der Waals surface area contributed by atoms with Gasteiger partial charge >= 0.3 is 0 Å². The summed E-state index contributed by atoms with van der Waals surface area (Å²) in [5.41, 5.74) is 12.6. The average Bonchev–Trinajstić information content (AvgIpc) is 2.18. The molecule has 0 saturated carbocycles. The Morgan fingerprint density at radius 3 is 2.71 bits per heavy atom. The Hall–Kier alpha value is -0.970. The van der Waals surface area contributed by atoms with Crippen LogP contribution in [0.25, 0.3) is 0 Å². The standard InChI is InChI=1S/C10H15N3O/c11-5-10(6-14-7-10)9(12)8-3-1-2-4-13-8/h1-4,9H,5-7,11-12H2. The summed E-state index contributed by atoms with van der Waals surface area (Å²) >= 11 is 0. The number of aromatic nitrogens is 1. The number of nitrogens with zero attached hydrogens (tertiary/aromatic N) is 1. The third-order valence-corrected chi connectivity index (χ3v) is 2.85. The predicted molar refractivity (Wildman–Crippen MR) is 53.5 cm³/mol. The second-order valence-corrected chi connectivity index (χ2v) is 3.79. The molecule has 0 amide bonds. The van der Waals surface area contributed by atoms with Crippen LogP contribution in [0.5, 0.6) is 0 Å². The highest BCUT2D eigenvalue weighted by atomic mass is 16.5. The number of rotatable bonds is 3. The summed E-state index contributed by atoms with van der Waals surface area (Å²) in [4.78, 5) is 4.24. The summed E-state index contributed by atoms with van der Waals surface area (Å²) in [7, 11) is 0. The lowest BCUT2D eigenvalue weighted by Crippen LogP contribution is -2.55. The van der Waals surface area contributed by atoms with E-state index in [2.05, 4.69) is 4.98 Å². The molecule has 0 radical (unpaired) electrons. The van der Waals surface area contributed by atoms with Crippen LogP contribution < -0.4 is 11.5 Å². The molecule has 2 heterocycles. The minimum Gasteiger partial charge on any atom is -0.380 e. The molecule has 4 nitrogen and oxygen atoms in total. The van der Waals surface area contributed by atoms with Crippen molar-refractivity contribution in [1.82, 2.24) is 4.98 Å². The molecule has 14 heavy (non-hydrogen) atoms. The van der Waals surface area contributed by atoms with Crippen molar-refractivity contribution >= 4 is 0 Å². The van der Waals surface area contributed by atoms with Crippen LogP contribution in [0.2, 0.25) is 0 Å². The normalized spacial score (nSPS) is 21.3. The minimum absolute atomic E-state index is 0.103. The molecule has 1 saturated heterocycles. The highest BCUT2D eigenvalue weighted by Crippen LogP contribution is 2.37. The Morgan fingerprint density at radius 1 is 1.50 bits per heavy atom. The molecular formula is C10H15N3O. The van der Waals surface area contributed by atoms with Crippen molar-refractivity contribution in [3.8, 4) is 0 Å². The van der Waals surface area contributed by atoms with Gasteiger partial charge in [-0.3, -0.25) is 4.98 Å². The maximum absolute atomic E-state index is 6.12. The number of hydrogen-bond donors (Lipinski definition) is 2. The topological polar surface area (TPSA) is 74.2 Å². The van der Waals surface area contributed by atoms with Gasteiger partial charge in [0.1, 0.15) is 0 Å². The van der Waals surface area contributed by atoms with Gasteiger partial charge < -0.3 is 16.2 Å². The van der Waals surface area contributed by atoms with Crippen LogP contribution in [0.4, 0.5) is 0 Å². The Balaban J connectivity index is 2.19. The van der Waals surface area contributed by atoms with Gasteiger partial charge in [-0.15, -0.1) is 0 Å². The Kier molecular flexibility index (Phi) is 2.50. The first kappa shape index (κ1) is 9.58. The van der Waals surface area contributed by atoms with Crippen molar-refractivity contribution in [3.05, 3.63) is 30.1 Å². The van der Waals surface area contributed by atoms with Gasteiger partial charge in [0, 0.05) is 12.7 Å². The van der Waals surface area contributed by atoms with Crippen LogP contribution in [0, 0.1) is 5.41 Å². The highest BCUT2D eigenvalue weighted by Gasteiger charge is 2.44. The van der Waals surface area contributed by atoms with E-state index < -0.39 is 0 Å². The lowest BCUT2D eigenvalue weighted by Gasteiger charge is -2.44. The molecule has 2 rings (SSSR count). The van der Waals surface area contributed by atoms with Crippen LogP contribution in [0.15, 0.2) is 24.4 Å². The Morgan fingerprint density at radius 2 is 2.29 bits per heavy atom. The van der Waals surface area contributed by atoms with Crippen LogP contribution in [-0.4, -0.2) is 24.7 Å². The van der Waals surface area contributed by atoms with Crippen molar-refractivity contribution in [3.63, 3.8) is 0 Å². The zero-order valence-corrected chi connectivity index (χ0v) is 8.02. The first-order chi connectivity index (χ1) is 6.78. The third kappa shape index (κ3) is 1.41. The van der Waals surface area contributed by atoms with Crippen LogP contribution in [0.3, 0.4) is 0 Å². The van der Waals surface area contributed by atoms with E-state index in [0.29, 0.717) is 19.8 Å². The van der Waals surface area contributed by atoms with Gasteiger partial charge in [-0.2, -0.15) is 0 Å². The summed E-state index contributed by atoms with van der Waals surface area (Å²) in [6, 6.07) is 5.62. The van der Waals surface area contributed by atoms with Gasteiger partial charge in [0.2, 0.25) is 0 Å². The van der Waals surface area contributed by atoms with E-state index in [1.165, 1.54) is 0 Å². The van der Waals surface area contributed by atoms with E-state index in [1.54, 1.807) is 6.20 Å². The molecule has 76 valence electrons. The van der Waals surface area contributed by atoms with Crippen molar-refractivity contribution in [2.24, 2.45) is 16.9 Å². The maximum Gasteiger partial charge on any atom is 0.0584 e. The first-order valence-corrected chi connectivity index (χ1v) is 4.73. The minimum atomic E-state index is -0.123. The first-order valence-electron chi connectivity index (χ1n) is 4.73. The zero-order valence-electron chi connectivity index (χ0n) is 8.02. The largest absolute Gasteiger partial charge is 0.380 e. The third-order valence-electron chi connectivity index (χ3n) is 2.85. The summed E-state index contributed by atoms with van der Waals surface area (Å²) in [6.45, 7) is 1.83. The number of ether oxygens (including phenoxy) is 1. The van der Waals surface area contributed by atoms with Gasteiger partial charge in [0.05, 0.1) is 30.4 Å². The highest BCUT2D eigenvalue weighted by molar-refractivity contribution is 5.14. The van der Waals surface area contributed by atoms with Crippen molar-refractivity contribution < 1.29 is 4.74 Å². The maximum atomic E-state index is 6.12. The second kappa shape index (κ2) is 3.65. The molecule has 1 unspecified atom stereocenters. The predicted octanol–water partition coefficient (Wildman–Crippen LogP) is 0.0567. The van der Waals surface area contributed by atoms with Gasteiger partial charge in [-0.05, 0) is 12.1 Å². The van der Waals surface area contributed by atoms with Crippen LogP contribution in [0.1, 0.15) is 11.7 Å². The fourth-order valence-electron chi connectivity index (χ4n) is 1.66. The Labute approximate surface area is 83.3 Å². The average molecular weight is 193 g/mol. The molecule has 1 aliphatic heterocycles. The van der Waals surface area contributed by atoms with E-state index in [1.807, 2.05) is 18.2 Å². The summed E-state index contributed by atoms with van der Waals surface area (Å²) in [6.07, 6.45) is 1.75. The van der Waals surface area contributed by atoms with Crippen molar-refractivity contribution in [1.29, 1.82) is 0 Å². The molecule has 1 aromatic rings. The molecular weight excluding hydrogens is 178 g/mol. The molecule has 1 atom stereocenters. The second-order valence-electron chi connectivity index (χ2n) is 3.79. The van der Waals surface area contributed by atoms with E-state index >= 15 is 0 Å². The fourth-order valence-corrected chi connectivity index (χ4v) is 1.66. The smallest absolute Gasteiger partial charge is 0.0584 e.